The number of hydrogen-bond acceptors (Lipinski definition) is 4. The first-order chi connectivity index (χ1) is 12.0. The normalized spacial score (nSPS) is 24.9. The van der Waals surface area contributed by atoms with Gasteiger partial charge in [0.2, 0.25) is 11.8 Å². The molecule has 6 nitrogen and oxygen atoms in total. The molecule has 2 aliphatic rings. The third-order valence-corrected chi connectivity index (χ3v) is 6.35. The van der Waals surface area contributed by atoms with Crippen molar-refractivity contribution in [1.29, 1.82) is 0 Å². The number of aromatic nitrogens is 2. The van der Waals surface area contributed by atoms with E-state index in [1.165, 1.54) is 11.8 Å². The zero-order chi connectivity index (χ0) is 17.6. The Morgan fingerprint density at radius 3 is 3.08 bits per heavy atom. The third-order valence-electron chi connectivity index (χ3n) is 5.00. The zero-order valence-electron chi connectivity index (χ0n) is 14.2. The lowest BCUT2D eigenvalue weighted by atomic mass is 9.92. The van der Waals surface area contributed by atoms with Crippen LogP contribution >= 0.6 is 11.8 Å². The van der Waals surface area contributed by atoms with Crippen molar-refractivity contribution in [3.8, 4) is 0 Å². The minimum absolute atomic E-state index is 0.0904. The van der Waals surface area contributed by atoms with Gasteiger partial charge in [-0.05, 0) is 38.3 Å². The summed E-state index contributed by atoms with van der Waals surface area (Å²) in [5.74, 6) is -0.540. The molecule has 2 aromatic rings. The maximum Gasteiger partial charge on any atom is 0.250 e. The van der Waals surface area contributed by atoms with Crippen LogP contribution in [0.5, 0.6) is 0 Å². The third kappa shape index (κ3) is 2.63. The minimum atomic E-state index is -1.19. The quantitative estimate of drug-likeness (QED) is 0.810. The first-order valence-corrected chi connectivity index (χ1v) is 9.22. The van der Waals surface area contributed by atoms with Gasteiger partial charge in [0.1, 0.15) is 0 Å². The number of nitrogens with one attached hydrogen (secondary N) is 2. The van der Waals surface area contributed by atoms with Crippen LogP contribution in [-0.2, 0) is 23.1 Å². The molecule has 2 atom stereocenters. The smallest absolute Gasteiger partial charge is 0.250 e. The highest BCUT2D eigenvalue weighted by atomic mass is 32.2. The summed E-state index contributed by atoms with van der Waals surface area (Å²) in [5.41, 5.74) is 2.98. The Bertz CT molecular complexity index is 863. The van der Waals surface area contributed by atoms with E-state index in [9.17, 15) is 9.59 Å². The second-order valence-electron chi connectivity index (χ2n) is 6.67. The van der Waals surface area contributed by atoms with E-state index in [-0.39, 0.29) is 17.9 Å². The highest BCUT2D eigenvalue weighted by molar-refractivity contribution is 8.02. The molecule has 0 saturated heterocycles. The van der Waals surface area contributed by atoms with Gasteiger partial charge in [-0.25, -0.2) is 0 Å². The van der Waals surface area contributed by atoms with E-state index in [2.05, 4.69) is 15.7 Å². The van der Waals surface area contributed by atoms with E-state index in [1.807, 2.05) is 42.2 Å². The number of aryl methyl sites for hydroxylation is 1. The molecular weight excluding hydrogens is 336 g/mol. The zero-order valence-corrected chi connectivity index (χ0v) is 15.0. The van der Waals surface area contributed by atoms with Gasteiger partial charge in [-0.15, -0.1) is 0 Å². The number of carbonyl (C=O) groups is 2. The van der Waals surface area contributed by atoms with Gasteiger partial charge >= 0.3 is 0 Å². The van der Waals surface area contributed by atoms with Crippen molar-refractivity contribution < 1.29 is 9.59 Å². The lowest BCUT2D eigenvalue weighted by Gasteiger charge is -2.34. The summed E-state index contributed by atoms with van der Waals surface area (Å²) >= 11 is 1.31. The van der Waals surface area contributed by atoms with Gasteiger partial charge in [0.15, 0.2) is 4.75 Å². The molecular formula is C18H20N4O2S. The van der Waals surface area contributed by atoms with E-state index in [0.717, 1.165) is 41.1 Å². The molecule has 1 aliphatic carbocycles. The van der Waals surface area contributed by atoms with Crippen molar-refractivity contribution in [2.75, 3.05) is 5.32 Å². The number of anilines is 1. The van der Waals surface area contributed by atoms with Crippen LogP contribution in [-0.4, -0.2) is 26.3 Å². The van der Waals surface area contributed by atoms with Gasteiger partial charge in [0, 0.05) is 23.2 Å². The van der Waals surface area contributed by atoms with Gasteiger partial charge in [0.05, 0.1) is 17.9 Å². The maximum absolute atomic E-state index is 13.0. The van der Waals surface area contributed by atoms with Crippen LogP contribution in [0.4, 0.5) is 5.69 Å². The minimum Gasteiger partial charge on any atom is -0.347 e. The molecule has 2 N–H and O–H groups in total. The Hall–Kier alpha value is -2.28. The van der Waals surface area contributed by atoms with E-state index >= 15 is 0 Å². The molecule has 4 rings (SSSR count). The molecule has 1 aromatic carbocycles. The lowest BCUT2D eigenvalue weighted by Crippen LogP contribution is -2.53. The van der Waals surface area contributed by atoms with Crippen LogP contribution < -0.4 is 10.6 Å². The second kappa shape index (κ2) is 5.91. The molecule has 2 heterocycles. The van der Waals surface area contributed by atoms with Crippen molar-refractivity contribution in [3.63, 3.8) is 0 Å². The number of benzene rings is 1. The van der Waals surface area contributed by atoms with Gasteiger partial charge in [-0.1, -0.05) is 23.9 Å². The predicted molar refractivity (Wildman–Crippen MR) is 96.4 cm³/mol. The maximum atomic E-state index is 13.0. The van der Waals surface area contributed by atoms with E-state index in [4.69, 9.17) is 0 Å². The molecule has 25 heavy (non-hydrogen) atoms. The molecule has 0 bridgehead atoms. The summed E-state index contributed by atoms with van der Waals surface area (Å²) in [7, 11) is 1.92. The van der Waals surface area contributed by atoms with Crippen LogP contribution in [0.1, 0.15) is 37.1 Å². The fourth-order valence-corrected chi connectivity index (χ4v) is 4.58. The summed E-state index contributed by atoms with van der Waals surface area (Å²) in [6.07, 6.45) is 4.66. The fourth-order valence-electron chi connectivity index (χ4n) is 3.47. The van der Waals surface area contributed by atoms with Crippen molar-refractivity contribution in [3.05, 3.63) is 41.7 Å². The average Bonchev–Trinajstić information content (AvgIpc) is 2.98. The molecule has 7 heteroatoms. The van der Waals surface area contributed by atoms with Gasteiger partial charge in [0.25, 0.3) is 0 Å². The summed E-state index contributed by atoms with van der Waals surface area (Å²) in [6, 6.07) is 7.46. The molecule has 0 fully saturated rings. The number of thioether (sulfide) groups is 1. The number of fused-ring (bicyclic) bond motifs is 2. The Morgan fingerprint density at radius 1 is 1.44 bits per heavy atom. The van der Waals surface area contributed by atoms with Crippen molar-refractivity contribution >= 4 is 29.3 Å². The largest absolute Gasteiger partial charge is 0.347 e. The summed E-state index contributed by atoms with van der Waals surface area (Å²) < 4.78 is 0.682. The molecule has 130 valence electrons. The lowest BCUT2D eigenvalue weighted by molar-refractivity contribution is -0.130. The Labute approximate surface area is 150 Å². The second-order valence-corrected chi connectivity index (χ2v) is 8.13. The van der Waals surface area contributed by atoms with Crippen LogP contribution in [0, 0.1) is 0 Å². The van der Waals surface area contributed by atoms with E-state index in [1.54, 1.807) is 6.92 Å². The summed E-state index contributed by atoms with van der Waals surface area (Å²) in [4.78, 5) is 26.5. The monoisotopic (exact) mass is 356 g/mol. The first kappa shape index (κ1) is 16.2. The Morgan fingerprint density at radius 2 is 2.24 bits per heavy atom. The number of hydrogen-bond donors (Lipinski definition) is 2. The topological polar surface area (TPSA) is 76.0 Å². The number of nitrogens with zero attached hydrogens (tertiary/aromatic N) is 2. The molecule has 0 spiro atoms. The van der Waals surface area contributed by atoms with Crippen LogP contribution in [0.2, 0.25) is 0 Å². The van der Waals surface area contributed by atoms with Gasteiger partial charge in [-0.2, -0.15) is 5.10 Å². The van der Waals surface area contributed by atoms with E-state index in [0.29, 0.717) is 0 Å². The Kier molecular flexibility index (Phi) is 3.83. The fraction of sp³-hybridized carbons (Fsp3) is 0.389. The predicted octanol–water partition coefficient (Wildman–Crippen LogP) is 2.42. The van der Waals surface area contributed by atoms with Crippen LogP contribution in [0.15, 0.2) is 35.4 Å². The number of rotatable bonds is 2. The van der Waals surface area contributed by atoms with Crippen LogP contribution in [0.25, 0.3) is 0 Å². The highest BCUT2D eigenvalue weighted by Gasteiger charge is 2.46. The van der Waals surface area contributed by atoms with Crippen molar-refractivity contribution in [1.82, 2.24) is 15.1 Å². The summed E-state index contributed by atoms with van der Waals surface area (Å²) in [5, 5.41) is 10.3. The Balaban J connectivity index is 1.58. The molecule has 0 unspecified atom stereocenters. The number of para-hydroxylation sites is 1. The molecule has 2 amide bonds. The van der Waals surface area contributed by atoms with Gasteiger partial charge in [-0.3, -0.25) is 14.3 Å². The molecule has 0 radical (unpaired) electrons. The molecule has 0 saturated carbocycles. The van der Waals surface area contributed by atoms with Crippen molar-refractivity contribution in [2.24, 2.45) is 7.05 Å². The SMILES string of the molecule is Cn1ncc2c1CCC[C@@H]2NC(=O)[C@]1(C)Sc2ccccc2NC1=O. The molecule has 1 aromatic heterocycles. The average molecular weight is 356 g/mol. The van der Waals surface area contributed by atoms with Crippen LogP contribution in [0.3, 0.4) is 0 Å². The number of amides is 2. The van der Waals surface area contributed by atoms with Crippen molar-refractivity contribution in [2.45, 2.75) is 41.9 Å². The van der Waals surface area contributed by atoms with E-state index < -0.39 is 4.75 Å². The highest BCUT2D eigenvalue weighted by Crippen LogP contribution is 2.43. The standard InChI is InChI=1S/C18H20N4O2S/c1-18(17(24)21-13-6-3-4-9-15(13)25-18)16(23)20-12-7-5-8-14-11(12)10-19-22(14)2/h3-4,6,9-10,12H,5,7-8H2,1-2H3,(H,20,23)(H,21,24)/t12-,18-/m0/s1. The number of carbonyl (C=O) groups excluding carboxylic acids is 2. The van der Waals surface area contributed by atoms with Gasteiger partial charge < -0.3 is 10.6 Å². The summed E-state index contributed by atoms with van der Waals surface area (Å²) in [6.45, 7) is 1.69. The first-order valence-electron chi connectivity index (χ1n) is 8.40. The molecule has 1 aliphatic heterocycles.